The molecule has 18 heavy (non-hydrogen) atoms. The van der Waals surface area contributed by atoms with Gasteiger partial charge in [-0.25, -0.2) is 0 Å². The van der Waals surface area contributed by atoms with Crippen molar-refractivity contribution in [3.63, 3.8) is 0 Å². The van der Waals surface area contributed by atoms with E-state index in [9.17, 15) is 5.11 Å². The first-order chi connectivity index (χ1) is 8.70. The molecule has 0 aromatic carbocycles. The molecule has 98 valence electrons. The largest absolute Gasteiger partial charge is 0.508 e. The fourth-order valence-corrected chi connectivity index (χ4v) is 2.26. The van der Waals surface area contributed by atoms with Crippen LogP contribution in [0.3, 0.4) is 0 Å². The van der Waals surface area contributed by atoms with Crippen molar-refractivity contribution in [3.05, 3.63) is 23.7 Å². The van der Waals surface area contributed by atoms with E-state index in [1.807, 2.05) is 17.1 Å². The van der Waals surface area contributed by atoms with Gasteiger partial charge in [0.25, 0.3) is 0 Å². The van der Waals surface area contributed by atoms with Crippen molar-refractivity contribution in [2.45, 2.75) is 31.8 Å². The molecule has 0 radical (unpaired) electrons. The van der Waals surface area contributed by atoms with E-state index in [4.69, 9.17) is 15.6 Å². The van der Waals surface area contributed by atoms with Crippen LogP contribution in [0.1, 0.15) is 25.7 Å². The van der Waals surface area contributed by atoms with Crippen LogP contribution in [0, 0.1) is 10.8 Å². The van der Waals surface area contributed by atoms with Gasteiger partial charge in [-0.1, -0.05) is 6.08 Å². The Bertz CT molecular complexity index is 401. The van der Waals surface area contributed by atoms with Gasteiger partial charge in [0.05, 0.1) is 12.8 Å². The van der Waals surface area contributed by atoms with Crippen molar-refractivity contribution in [2.75, 3.05) is 13.1 Å². The molecule has 0 spiro atoms. The topological polar surface area (TPSA) is 80.4 Å². The maximum Gasteiger partial charge on any atom is 0.156 e. The van der Waals surface area contributed by atoms with Crippen LogP contribution < -0.4 is 0 Å². The maximum atomic E-state index is 9.73. The normalized spacial score (nSPS) is 24.0. The SMILES string of the molecule is N=CC(=N)N1CCCC(OC2=C(O)CCC=C2)C1. The average molecular weight is 249 g/mol. The van der Waals surface area contributed by atoms with E-state index >= 15 is 0 Å². The van der Waals surface area contributed by atoms with Crippen molar-refractivity contribution in [2.24, 2.45) is 0 Å². The van der Waals surface area contributed by atoms with Crippen LogP contribution in [0.25, 0.3) is 0 Å². The Morgan fingerprint density at radius 1 is 1.56 bits per heavy atom. The van der Waals surface area contributed by atoms with Gasteiger partial charge in [0, 0.05) is 13.0 Å². The Hall–Kier alpha value is -1.78. The van der Waals surface area contributed by atoms with Crippen molar-refractivity contribution < 1.29 is 9.84 Å². The van der Waals surface area contributed by atoms with Crippen LogP contribution in [0.4, 0.5) is 0 Å². The van der Waals surface area contributed by atoms with Gasteiger partial charge in [-0.3, -0.25) is 5.41 Å². The molecule has 1 atom stereocenters. The van der Waals surface area contributed by atoms with Gasteiger partial charge in [-0.15, -0.1) is 0 Å². The fourth-order valence-electron chi connectivity index (χ4n) is 2.26. The molecule has 1 unspecified atom stereocenters. The van der Waals surface area contributed by atoms with Gasteiger partial charge < -0.3 is 20.2 Å². The van der Waals surface area contributed by atoms with Gasteiger partial charge >= 0.3 is 0 Å². The zero-order valence-electron chi connectivity index (χ0n) is 10.4. The fraction of sp³-hybridized carbons (Fsp3) is 0.538. The lowest BCUT2D eigenvalue weighted by Crippen LogP contribution is -2.43. The Kier molecular flexibility index (Phi) is 4.02. The maximum absolute atomic E-state index is 9.73. The summed E-state index contributed by atoms with van der Waals surface area (Å²) in [4.78, 5) is 1.84. The van der Waals surface area contributed by atoms with Crippen molar-refractivity contribution in [1.82, 2.24) is 4.90 Å². The lowest BCUT2D eigenvalue weighted by molar-refractivity contribution is 0.0623. The molecule has 0 saturated carbocycles. The number of allylic oxidation sites excluding steroid dienone is 3. The monoisotopic (exact) mass is 249 g/mol. The summed E-state index contributed by atoms with van der Waals surface area (Å²) in [7, 11) is 0. The Morgan fingerprint density at radius 3 is 3.11 bits per heavy atom. The third kappa shape index (κ3) is 2.91. The van der Waals surface area contributed by atoms with Crippen LogP contribution in [0.15, 0.2) is 23.7 Å². The number of piperidine rings is 1. The number of ether oxygens (including phenoxy) is 1. The highest BCUT2D eigenvalue weighted by atomic mass is 16.5. The predicted molar refractivity (Wildman–Crippen MR) is 70.2 cm³/mol. The number of amidine groups is 1. The molecule has 1 fully saturated rings. The van der Waals surface area contributed by atoms with Crippen LogP contribution in [-0.2, 0) is 4.74 Å². The number of nitrogens with zero attached hydrogens (tertiary/aromatic N) is 1. The predicted octanol–water partition coefficient (Wildman–Crippen LogP) is 2.21. The van der Waals surface area contributed by atoms with E-state index in [0.717, 1.165) is 32.0 Å². The Morgan fingerprint density at radius 2 is 2.39 bits per heavy atom. The number of likely N-dealkylation sites (tertiary alicyclic amines) is 1. The molecular formula is C13H19N3O2. The first-order valence-electron chi connectivity index (χ1n) is 6.30. The molecule has 1 aliphatic heterocycles. The second kappa shape index (κ2) is 5.71. The molecule has 1 aliphatic carbocycles. The standard InChI is InChI=1S/C13H19N3O2/c14-8-13(15)16-7-3-4-10(9-16)18-12-6-2-1-5-11(12)17/h2,6,8,10,14-15,17H,1,3-5,7,9H2. The van der Waals surface area contributed by atoms with Crippen LogP contribution in [0.2, 0.25) is 0 Å². The number of nitrogens with one attached hydrogen (secondary N) is 2. The minimum atomic E-state index is -0.0149. The van der Waals surface area contributed by atoms with E-state index in [2.05, 4.69) is 0 Å². The Labute approximate surface area is 107 Å². The van der Waals surface area contributed by atoms with Crippen molar-refractivity contribution in [1.29, 1.82) is 10.8 Å². The molecule has 1 heterocycles. The molecule has 5 nitrogen and oxygen atoms in total. The molecule has 2 rings (SSSR count). The molecule has 5 heteroatoms. The first kappa shape index (κ1) is 12.7. The summed E-state index contributed by atoms with van der Waals surface area (Å²) in [5.41, 5.74) is 0. The highest BCUT2D eigenvalue weighted by Crippen LogP contribution is 2.22. The second-order valence-electron chi connectivity index (χ2n) is 4.61. The minimum absolute atomic E-state index is 0.0149. The van der Waals surface area contributed by atoms with Gasteiger partial charge in [0.2, 0.25) is 0 Å². The lowest BCUT2D eigenvalue weighted by Gasteiger charge is -2.33. The van der Waals surface area contributed by atoms with E-state index < -0.39 is 0 Å². The van der Waals surface area contributed by atoms with Gasteiger partial charge in [-0.05, 0) is 25.3 Å². The zero-order valence-corrected chi connectivity index (χ0v) is 10.4. The van der Waals surface area contributed by atoms with Crippen LogP contribution in [-0.4, -0.2) is 41.3 Å². The van der Waals surface area contributed by atoms with E-state index in [1.165, 1.54) is 0 Å². The molecule has 1 saturated heterocycles. The molecular weight excluding hydrogens is 230 g/mol. The average Bonchev–Trinajstić information content (AvgIpc) is 2.41. The van der Waals surface area contributed by atoms with Crippen molar-refractivity contribution >= 4 is 12.1 Å². The summed E-state index contributed by atoms with van der Waals surface area (Å²) in [5.74, 6) is 1.10. The second-order valence-corrected chi connectivity index (χ2v) is 4.61. The molecule has 0 amide bonds. The molecule has 0 aromatic rings. The molecule has 0 aromatic heterocycles. The molecule has 0 bridgehead atoms. The van der Waals surface area contributed by atoms with Gasteiger partial charge in [-0.2, -0.15) is 0 Å². The summed E-state index contributed by atoms with van der Waals surface area (Å²) in [6, 6.07) is 0. The van der Waals surface area contributed by atoms with Crippen LogP contribution in [0.5, 0.6) is 0 Å². The van der Waals surface area contributed by atoms with Gasteiger partial charge in [0.15, 0.2) is 5.76 Å². The minimum Gasteiger partial charge on any atom is -0.508 e. The first-order valence-corrected chi connectivity index (χ1v) is 6.30. The summed E-state index contributed by atoms with van der Waals surface area (Å²) in [6.07, 6.45) is 8.21. The summed E-state index contributed by atoms with van der Waals surface area (Å²) < 4.78 is 5.80. The summed E-state index contributed by atoms with van der Waals surface area (Å²) in [6.45, 7) is 1.41. The zero-order chi connectivity index (χ0) is 13.0. The highest BCUT2D eigenvalue weighted by Gasteiger charge is 2.23. The highest BCUT2D eigenvalue weighted by molar-refractivity contribution is 6.26. The third-order valence-corrected chi connectivity index (χ3v) is 3.25. The van der Waals surface area contributed by atoms with Gasteiger partial charge in [0.1, 0.15) is 17.7 Å². The van der Waals surface area contributed by atoms with Crippen LogP contribution >= 0.6 is 0 Å². The number of hydrogen-bond acceptors (Lipinski definition) is 4. The summed E-state index contributed by atoms with van der Waals surface area (Å²) in [5, 5.41) is 24.5. The number of aliphatic hydroxyl groups is 1. The Balaban J connectivity index is 1.95. The van der Waals surface area contributed by atoms with E-state index in [-0.39, 0.29) is 11.9 Å². The van der Waals surface area contributed by atoms with E-state index in [1.54, 1.807) is 0 Å². The third-order valence-electron chi connectivity index (χ3n) is 3.25. The number of rotatable bonds is 3. The number of aliphatic hydroxyl groups excluding tert-OH is 1. The number of hydrogen-bond donors (Lipinski definition) is 3. The quantitative estimate of drug-likeness (QED) is 0.530. The van der Waals surface area contributed by atoms with Crippen molar-refractivity contribution in [3.8, 4) is 0 Å². The molecule has 2 aliphatic rings. The molecule has 3 N–H and O–H groups in total. The lowest BCUT2D eigenvalue weighted by atomic mass is 10.1. The summed E-state index contributed by atoms with van der Waals surface area (Å²) >= 11 is 0. The van der Waals surface area contributed by atoms with E-state index in [0.29, 0.717) is 24.5 Å². The smallest absolute Gasteiger partial charge is 0.156 e.